The molecule has 1 atom stereocenters. The largest absolute Gasteiger partial charge is 0.493 e. The Labute approximate surface area is 169 Å². The summed E-state index contributed by atoms with van der Waals surface area (Å²) in [5.74, 6) is 0.193. The molecule has 0 saturated carbocycles. The number of fused-ring (bicyclic) bond motifs is 1. The lowest BCUT2D eigenvalue weighted by Crippen LogP contribution is -2.31. The monoisotopic (exact) mass is 393 g/mol. The molecule has 0 radical (unpaired) electrons. The molecule has 4 rings (SSSR count). The van der Waals surface area contributed by atoms with E-state index in [2.05, 4.69) is 22.5 Å². The van der Waals surface area contributed by atoms with Crippen molar-refractivity contribution in [3.8, 4) is 5.75 Å². The van der Waals surface area contributed by atoms with E-state index in [1.165, 1.54) is 23.4 Å². The molecule has 1 aliphatic carbocycles. The van der Waals surface area contributed by atoms with Gasteiger partial charge in [-0.2, -0.15) is 5.10 Å². The maximum absolute atomic E-state index is 12.9. The van der Waals surface area contributed by atoms with Gasteiger partial charge in [-0.05, 0) is 49.1 Å². The van der Waals surface area contributed by atoms with E-state index in [0.717, 1.165) is 31.4 Å². The van der Waals surface area contributed by atoms with Gasteiger partial charge in [0.05, 0.1) is 31.8 Å². The highest BCUT2D eigenvalue weighted by atomic mass is 19.1. The van der Waals surface area contributed by atoms with Gasteiger partial charge in [0, 0.05) is 11.3 Å². The van der Waals surface area contributed by atoms with Crippen LogP contribution in [-0.2, 0) is 17.8 Å². The number of rotatable bonds is 7. The summed E-state index contributed by atoms with van der Waals surface area (Å²) in [5, 5.41) is 7.68. The van der Waals surface area contributed by atoms with Crippen LogP contribution in [0.2, 0.25) is 0 Å². The quantitative estimate of drug-likeness (QED) is 0.659. The van der Waals surface area contributed by atoms with Gasteiger partial charge in [0.25, 0.3) is 0 Å². The number of hydrogen-bond donors (Lipinski definition) is 1. The molecule has 2 aromatic carbocycles. The minimum Gasteiger partial charge on any atom is -0.493 e. The lowest BCUT2D eigenvalue weighted by Gasteiger charge is -2.24. The molecule has 1 heterocycles. The Hall–Kier alpha value is -3.15. The zero-order valence-electron chi connectivity index (χ0n) is 16.2. The predicted molar refractivity (Wildman–Crippen MR) is 108 cm³/mol. The van der Waals surface area contributed by atoms with Crippen molar-refractivity contribution >= 4 is 5.91 Å². The van der Waals surface area contributed by atoms with Crippen LogP contribution in [0, 0.1) is 5.82 Å². The number of nitrogens with one attached hydrogen (secondary N) is 1. The zero-order valence-corrected chi connectivity index (χ0v) is 16.2. The molecule has 5 nitrogen and oxygen atoms in total. The van der Waals surface area contributed by atoms with Crippen molar-refractivity contribution in [3.63, 3.8) is 0 Å². The van der Waals surface area contributed by atoms with Gasteiger partial charge in [0.15, 0.2) is 0 Å². The molecule has 1 unspecified atom stereocenters. The summed E-state index contributed by atoms with van der Waals surface area (Å²) in [7, 11) is 0. The highest BCUT2D eigenvalue weighted by Gasteiger charge is 2.25. The molecule has 150 valence electrons. The summed E-state index contributed by atoms with van der Waals surface area (Å²) in [4.78, 5) is 12.4. The molecule has 0 saturated heterocycles. The number of ether oxygens (including phenoxy) is 1. The fourth-order valence-corrected chi connectivity index (χ4v) is 3.72. The van der Waals surface area contributed by atoms with Crippen molar-refractivity contribution in [1.82, 2.24) is 15.1 Å². The van der Waals surface area contributed by atoms with Crippen LogP contribution in [-0.4, -0.2) is 22.3 Å². The number of hydrogen-bond acceptors (Lipinski definition) is 3. The molecular formula is C23H24FN3O2. The molecule has 1 amide bonds. The molecule has 0 bridgehead atoms. The number of nitrogens with zero attached hydrogens (tertiary/aromatic N) is 2. The summed E-state index contributed by atoms with van der Waals surface area (Å²) in [6.07, 6.45) is 5.04. The van der Waals surface area contributed by atoms with Crippen LogP contribution in [0.3, 0.4) is 0 Å². The van der Waals surface area contributed by atoms with Crippen LogP contribution in [0.5, 0.6) is 5.75 Å². The lowest BCUT2D eigenvalue weighted by atomic mass is 9.92. The SMILES string of the molecule is O=C(CCOc1ccc(F)cc1)NC1CCCc2c1cnn2Cc1ccccc1. The first-order chi connectivity index (χ1) is 14.2. The smallest absolute Gasteiger partial charge is 0.223 e. The number of benzene rings is 2. The third kappa shape index (κ3) is 4.83. The minimum atomic E-state index is -0.309. The fourth-order valence-electron chi connectivity index (χ4n) is 3.72. The van der Waals surface area contributed by atoms with Crippen LogP contribution in [0.4, 0.5) is 4.39 Å². The molecule has 0 fully saturated rings. The van der Waals surface area contributed by atoms with E-state index in [-0.39, 0.29) is 30.8 Å². The first kappa shape index (κ1) is 19.2. The van der Waals surface area contributed by atoms with Gasteiger partial charge >= 0.3 is 0 Å². The van der Waals surface area contributed by atoms with E-state index in [0.29, 0.717) is 5.75 Å². The number of halogens is 1. The van der Waals surface area contributed by atoms with Gasteiger partial charge in [-0.1, -0.05) is 30.3 Å². The van der Waals surface area contributed by atoms with Gasteiger partial charge in [-0.25, -0.2) is 4.39 Å². The van der Waals surface area contributed by atoms with Gasteiger partial charge in [0.2, 0.25) is 5.91 Å². The number of carbonyl (C=O) groups is 1. The fraction of sp³-hybridized carbons (Fsp3) is 0.304. The van der Waals surface area contributed by atoms with E-state index >= 15 is 0 Å². The standard InChI is InChI=1S/C23H24FN3O2/c24-18-9-11-19(12-10-18)29-14-13-23(28)26-21-7-4-8-22-20(21)15-25-27(22)16-17-5-2-1-3-6-17/h1-3,5-6,9-12,15,21H,4,7-8,13-14,16H2,(H,26,28). The van der Waals surface area contributed by atoms with Crippen molar-refractivity contribution in [3.05, 3.63) is 83.4 Å². The molecule has 0 aliphatic heterocycles. The Morgan fingerprint density at radius 2 is 1.97 bits per heavy atom. The van der Waals surface area contributed by atoms with Crippen LogP contribution < -0.4 is 10.1 Å². The van der Waals surface area contributed by atoms with E-state index in [1.807, 2.05) is 29.1 Å². The first-order valence-electron chi connectivity index (χ1n) is 9.95. The Bertz CT molecular complexity index is 954. The second kappa shape index (κ2) is 8.90. The maximum atomic E-state index is 12.9. The third-order valence-electron chi connectivity index (χ3n) is 5.18. The molecule has 1 aliphatic rings. The average molecular weight is 393 g/mol. The molecule has 1 N–H and O–H groups in total. The van der Waals surface area contributed by atoms with Crippen LogP contribution in [0.25, 0.3) is 0 Å². The predicted octanol–water partition coefficient (Wildman–Crippen LogP) is 4.03. The summed E-state index contributed by atoms with van der Waals surface area (Å²) in [5.41, 5.74) is 3.52. The van der Waals surface area contributed by atoms with Crippen LogP contribution in [0.15, 0.2) is 60.8 Å². The van der Waals surface area contributed by atoms with E-state index in [1.54, 1.807) is 12.1 Å². The molecule has 29 heavy (non-hydrogen) atoms. The normalized spacial score (nSPS) is 15.6. The van der Waals surface area contributed by atoms with Gasteiger partial charge in [-0.3, -0.25) is 9.48 Å². The number of amides is 1. The number of carbonyl (C=O) groups excluding carboxylic acids is 1. The van der Waals surface area contributed by atoms with Crippen molar-refractivity contribution in [2.24, 2.45) is 0 Å². The van der Waals surface area contributed by atoms with E-state index < -0.39 is 0 Å². The van der Waals surface area contributed by atoms with Crippen LogP contribution in [0.1, 0.15) is 42.1 Å². The number of aromatic nitrogens is 2. The highest BCUT2D eigenvalue weighted by molar-refractivity contribution is 5.76. The average Bonchev–Trinajstić information content (AvgIpc) is 3.14. The second-order valence-corrected chi connectivity index (χ2v) is 7.25. The summed E-state index contributed by atoms with van der Waals surface area (Å²) in [6, 6.07) is 16.0. The first-order valence-corrected chi connectivity index (χ1v) is 9.95. The van der Waals surface area contributed by atoms with E-state index in [4.69, 9.17) is 4.74 Å². The molecule has 3 aromatic rings. The van der Waals surface area contributed by atoms with Crippen molar-refractivity contribution in [2.75, 3.05) is 6.61 Å². The highest BCUT2D eigenvalue weighted by Crippen LogP contribution is 2.30. The topological polar surface area (TPSA) is 56.1 Å². The third-order valence-corrected chi connectivity index (χ3v) is 5.18. The van der Waals surface area contributed by atoms with Crippen molar-refractivity contribution < 1.29 is 13.9 Å². The summed E-state index contributed by atoms with van der Waals surface area (Å²) in [6.45, 7) is 0.993. The molecule has 6 heteroatoms. The Balaban J connectivity index is 1.33. The lowest BCUT2D eigenvalue weighted by molar-refractivity contribution is -0.122. The van der Waals surface area contributed by atoms with E-state index in [9.17, 15) is 9.18 Å². The Morgan fingerprint density at radius 1 is 1.17 bits per heavy atom. The van der Waals surface area contributed by atoms with Gasteiger partial charge in [0.1, 0.15) is 11.6 Å². The molecule has 0 spiro atoms. The van der Waals surface area contributed by atoms with Gasteiger partial charge in [-0.15, -0.1) is 0 Å². The Kier molecular flexibility index (Phi) is 5.89. The maximum Gasteiger partial charge on any atom is 0.223 e. The minimum absolute atomic E-state index is 0.0124. The molecular weight excluding hydrogens is 369 g/mol. The Morgan fingerprint density at radius 3 is 2.76 bits per heavy atom. The van der Waals surface area contributed by atoms with Crippen LogP contribution >= 0.6 is 0 Å². The summed E-state index contributed by atoms with van der Waals surface area (Å²) < 4.78 is 20.5. The van der Waals surface area contributed by atoms with Crippen molar-refractivity contribution in [1.29, 1.82) is 0 Å². The van der Waals surface area contributed by atoms with Gasteiger partial charge < -0.3 is 10.1 Å². The molecule has 1 aromatic heterocycles. The second-order valence-electron chi connectivity index (χ2n) is 7.25. The van der Waals surface area contributed by atoms with Crippen molar-refractivity contribution in [2.45, 2.75) is 38.3 Å². The summed E-state index contributed by atoms with van der Waals surface area (Å²) >= 11 is 0. The zero-order chi connectivity index (χ0) is 20.1.